The highest BCUT2D eigenvalue weighted by Gasteiger charge is 2.38. The Balaban J connectivity index is 1.80. The maximum atomic E-state index is 12.0. The normalized spacial score (nSPS) is 16.4. The second-order valence-corrected chi connectivity index (χ2v) is 5.57. The van der Waals surface area contributed by atoms with Crippen LogP contribution in [-0.2, 0) is 14.3 Å². The lowest BCUT2D eigenvalue weighted by molar-refractivity contribution is -0.147. The molecule has 0 radical (unpaired) electrons. The molecule has 1 unspecified atom stereocenters. The van der Waals surface area contributed by atoms with E-state index in [1.807, 2.05) is 0 Å². The van der Waals surface area contributed by atoms with Crippen LogP contribution in [0.15, 0.2) is 18.3 Å². The van der Waals surface area contributed by atoms with Gasteiger partial charge in [-0.3, -0.25) is 9.59 Å². The van der Waals surface area contributed by atoms with Gasteiger partial charge >= 0.3 is 5.97 Å². The largest absolute Gasteiger partial charge is 0.465 e. The first kappa shape index (κ1) is 13.8. The van der Waals surface area contributed by atoms with E-state index in [1.165, 1.54) is 0 Å². The predicted molar refractivity (Wildman–Crippen MR) is 83.0 cm³/mol. The number of imidazole rings is 1. The molecule has 0 aliphatic carbocycles. The lowest BCUT2D eigenvalue weighted by Crippen LogP contribution is -2.22. The summed E-state index contributed by atoms with van der Waals surface area (Å²) in [5, 5.41) is 2.70. The van der Waals surface area contributed by atoms with Crippen molar-refractivity contribution in [3.8, 4) is 11.5 Å². The average molecular weight is 329 g/mol. The Morgan fingerprint density at radius 1 is 1.43 bits per heavy atom. The molecule has 1 amide bonds. The van der Waals surface area contributed by atoms with E-state index in [0.717, 1.165) is 17.2 Å². The number of rotatable bonds is 3. The monoisotopic (exact) mass is 329 g/mol. The number of hydrogen-bond acceptors (Lipinski definition) is 7. The van der Waals surface area contributed by atoms with Gasteiger partial charge in [-0.05, 0) is 19.1 Å². The van der Waals surface area contributed by atoms with Gasteiger partial charge in [-0.15, -0.1) is 0 Å². The van der Waals surface area contributed by atoms with Gasteiger partial charge in [-0.25, -0.2) is 4.98 Å². The van der Waals surface area contributed by atoms with Gasteiger partial charge < -0.3 is 15.0 Å². The topological polar surface area (TPSA) is 110 Å². The molecule has 9 heteroatoms. The van der Waals surface area contributed by atoms with Crippen LogP contribution in [0.3, 0.4) is 0 Å². The third-order valence-corrected chi connectivity index (χ3v) is 4.09. The van der Waals surface area contributed by atoms with Crippen molar-refractivity contribution in [3.05, 3.63) is 23.9 Å². The molecule has 2 N–H and O–H groups in total. The van der Waals surface area contributed by atoms with Gasteiger partial charge in [0.05, 0.1) is 35.6 Å². The Morgan fingerprint density at radius 3 is 3.04 bits per heavy atom. The van der Waals surface area contributed by atoms with Crippen molar-refractivity contribution in [2.24, 2.45) is 0 Å². The van der Waals surface area contributed by atoms with E-state index in [1.54, 1.807) is 25.3 Å². The summed E-state index contributed by atoms with van der Waals surface area (Å²) in [5.41, 5.74) is 3.22. The number of anilines is 1. The third kappa shape index (κ3) is 2.16. The van der Waals surface area contributed by atoms with Crippen molar-refractivity contribution in [3.63, 3.8) is 0 Å². The molecule has 116 valence electrons. The number of fused-ring (bicyclic) bond motifs is 2. The number of nitrogens with zero attached hydrogens (tertiary/aromatic N) is 3. The Bertz CT molecular complexity index is 918. The van der Waals surface area contributed by atoms with Crippen molar-refractivity contribution in [1.29, 1.82) is 0 Å². The number of aromatic nitrogens is 4. The minimum absolute atomic E-state index is 0.227. The first-order valence-corrected chi connectivity index (χ1v) is 7.69. The van der Waals surface area contributed by atoms with E-state index in [9.17, 15) is 9.59 Å². The van der Waals surface area contributed by atoms with Crippen LogP contribution in [0.25, 0.3) is 22.6 Å². The Labute approximate surface area is 134 Å². The number of esters is 1. The quantitative estimate of drug-likeness (QED) is 0.559. The fraction of sp³-hybridized carbons (Fsp3) is 0.214. The van der Waals surface area contributed by atoms with Crippen molar-refractivity contribution in [2.45, 2.75) is 12.8 Å². The number of carbonyl (C=O) groups is 2. The van der Waals surface area contributed by atoms with E-state index in [2.05, 4.69) is 24.0 Å². The van der Waals surface area contributed by atoms with Crippen LogP contribution < -0.4 is 5.32 Å². The van der Waals surface area contributed by atoms with Crippen LogP contribution in [-0.4, -0.2) is 37.2 Å². The smallest absolute Gasteiger partial charge is 0.323 e. The number of amides is 1. The zero-order valence-electron chi connectivity index (χ0n) is 12.0. The van der Waals surface area contributed by atoms with E-state index in [4.69, 9.17) is 4.74 Å². The first-order chi connectivity index (χ1) is 11.2. The zero-order chi connectivity index (χ0) is 16.0. The summed E-state index contributed by atoms with van der Waals surface area (Å²) in [7, 11) is 0. The van der Waals surface area contributed by atoms with Gasteiger partial charge in [0, 0.05) is 11.3 Å². The highest BCUT2D eigenvalue weighted by atomic mass is 32.1. The molecule has 23 heavy (non-hydrogen) atoms. The number of hydrogen-bond donors (Lipinski definition) is 2. The molecular formula is C14H11N5O3S. The molecule has 0 fully saturated rings. The molecule has 8 nitrogen and oxygen atoms in total. The summed E-state index contributed by atoms with van der Waals surface area (Å²) in [4.78, 5) is 31.6. The summed E-state index contributed by atoms with van der Waals surface area (Å²) in [6, 6.07) is 3.49. The molecule has 2 aromatic heterocycles. The molecule has 1 atom stereocenters. The second-order valence-electron chi connectivity index (χ2n) is 5.01. The van der Waals surface area contributed by atoms with Gasteiger partial charge in [-0.1, -0.05) is 0 Å². The lowest BCUT2D eigenvalue weighted by Gasteiger charge is -2.07. The SMILES string of the molecule is CCOC(=O)C1C(=O)Nc2cc3nc(-c4cnsn4)[nH]c3cc21. The molecule has 3 heterocycles. The number of aromatic amines is 1. The maximum Gasteiger partial charge on any atom is 0.323 e. The van der Waals surface area contributed by atoms with E-state index < -0.39 is 11.9 Å². The van der Waals surface area contributed by atoms with Gasteiger partial charge in [0.15, 0.2) is 11.7 Å². The summed E-state index contributed by atoms with van der Waals surface area (Å²) in [6.07, 6.45) is 1.62. The molecule has 3 aromatic rings. The summed E-state index contributed by atoms with van der Waals surface area (Å²) in [6.45, 7) is 1.93. The molecule has 0 bridgehead atoms. The highest BCUT2D eigenvalue weighted by Crippen LogP contribution is 2.36. The summed E-state index contributed by atoms with van der Waals surface area (Å²) < 4.78 is 13.1. The number of nitrogens with one attached hydrogen (secondary N) is 2. The first-order valence-electron chi connectivity index (χ1n) is 6.96. The van der Waals surface area contributed by atoms with Crippen LogP contribution in [0.2, 0.25) is 0 Å². The van der Waals surface area contributed by atoms with Crippen LogP contribution in [0.5, 0.6) is 0 Å². The number of H-pyrrole nitrogens is 1. The van der Waals surface area contributed by atoms with E-state index in [-0.39, 0.29) is 12.5 Å². The minimum atomic E-state index is -0.943. The molecule has 4 rings (SSSR count). The Morgan fingerprint density at radius 2 is 2.30 bits per heavy atom. The van der Waals surface area contributed by atoms with Crippen molar-refractivity contribution in [1.82, 2.24) is 18.7 Å². The summed E-state index contributed by atoms with van der Waals surface area (Å²) >= 11 is 1.10. The standard InChI is InChI=1S/C14H11N5O3S/c1-2-22-14(21)11-6-3-8-9(4-7(6)18-13(11)20)17-12(16-8)10-5-15-23-19-10/h3-5,11H,2H2,1H3,(H,16,17)(H,18,20). The molecule has 0 saturated heterocycles. The molecule has 0 spiro atoms. The van der Waals surface area contributed by atoms with Crippen molar-refractivity contribution >= 4 is 40.3 Å². The highest BCUT2D eigenvalue weighted by molar-refractivity contribution is 6.99. The summed E-state index contributed by atoms with van der Waals surface area (Å²) in [5.74, 6) is -1.28. The van der Waals surface area contributed by atoms with E-state index >= 15 is 0 Å². The number of benzene rings is 1. The molecule has 1 aliphatic rings. The predicted octanol–water partition coefficient (Wildman–Crippen LogP) is 1.68. The zero-order valence-corrected chi connectivity index (χ0v) is 12.8. The molecule has 1 aromatic carbocycles. The number of ether oxygens (including phenoxy) is 1. The van der Waals surface area contributed by atoms with E-state index in [0.29, 0.717) is 28.3 Å². The Kier molecular flexibility index (Phi) is 3.08. The van der Waals surface area contributed by atoms with Crippen LogP contribution >= 0.6 is 11.7 Å². The van der Waals surface area contributed by atoms with Gasteiger partial charge in [-0.2, -0.15) is 8.75 Å². The fourth-order valence-corrected chi connectivity index (χ4v) is 3.03. The van der Waals surface area contributed by atoms with Crippen LogP contribution in [0.1, 0.15) is 18.4 Å². The van der Waals surface area contributed by atoms with Gasteiger partial charge in [0.1, 0.15) is 5.69 Å². The average Bonchev–Trinajstić information content (AvgIpc) is 3.21. The van der Waals surface area contributed by atoms with Crippen LogP contribution in [0.4, 0.5) is 5.69 Å². The third-order valence-electron chi connectivity index (χ3n) is 3.61. The van der Waals surface area contributed by atoms with Crippen molar-refractivity contribution < 1.29 is 14.3 Å². The van der Waals surface area contributed by atoms with Crippen molar-refractivity contribution in [2.75, 3.05) is 11.9 Å². The molecule has 1 aliphatic heterocycles. The Hall–Kier alpha value is -2.81. The molecular weight excluding hydrogens is 318 g/mol. The minimum Gasteiger partial charge on any atom is -0.465 e. The maximum absolute atomic E-state index is 12.0. The van der Waals surface area contributed by atoms with Gasteiger partial charge in [0.25, 0.3) is 0 Å². The lowest BCUT2D eigenvalue weighted by atomic mass is 10.0. The number of carbonyl (C=O) groups excluding carboxylic acids is 2. The van der Waals surface area contributed by atoms with Crippen LogP contribution in [0, 0.1) is 0 Å². The fourth-order valence-electron chi connectivity index (χ4n) is 2.62. The second kappa shape index (κ2) is 5.13. The molecule has 0 saturated carbocycles. The van der Waals surface area contributed by atoms with Gasteiger partial charge in [0.2, 0.25) is 5.91 Å².